The Hall–Kier alpha value is -3.92. The van der Waals surface area contributed by atoms with E-state index in [-0.39, 0.29) is 22.0 Å². The molecule has 0 bridgehead atoms. The Bertz CT molecular complexity index is 1240. The number of carbonyl (C=O) groups excluding carboxylic acids is 1. The van der Waals surface area contributed by atoms with Crippen molar-refractivity contribution >= 4 is 33.0 Å². The van der Waals surface area contributed by atoms with Gasteiger partial charge in [0, 0.05) is 12.1 Å². The number of non-ortho nitro benzene ring substituents is 1. The van der Waals surface area contributed by atoms with Crippen molar-refractivity contribution in [3.05, 3.63) is 88.5 Å². The highest BCUT2D eigenvalue weighted by atomic mass is 32.2. The van der Waals surface area contributed by atoms with Crippen molar-refractivity contribution in [2.24, 2.45) is 0 Å². The number of carbonyl (C=O) groups is 1. The second-order valence-electron chi connectivity index (χ2n) is 7.06. The number of anilines is 2. The zero-order chi connectivity index (χ0) is 24.0. The van der Waals surface area contributed by atoms with Crippen molar-refractivity contribution in [2.45, 2.75) is 18.7 Å². The molecule has 0 aliphatic carbocycles. The molecule has 0 radical (unpaired) electrons. The van der Waals surface area contributed by atoms with E-state index in [0.29, 0.717) is 17.9 Å². The summed E-state index contributed by atoms with van der Waals surface area (Å²) in [6.45, 7) is 3.44. The fraction of sp³-hybridized carbons (Fsp3) is 0.174. The van der Waals surface area contributed by atoms with Gasteiger partial charge in [0.25, 0.3) is 15.7 Å². The maximum absolute atomic E-state index is 13.4. The first-order valence-electron chi connectivity index (χ1n) is 10.1. The molecule has 0 aliphatic rings. The van der Waals surface area contributed by atoms with Crippen LogP contribution >= 0.6 is 0 Å². The molecule has 0 unspecified atom stereocenters. The maximum Gasteiger partial charge on any atom is 0.271 e. The summed E-state index contributed by atoms with van der Waals surface area (Å²) >= 11 is 0. The van der Waals surface area contributed by atoms with Gasteiger partial charge in [-0.05, 0) is 55.8 Å². The van der Waals surface area contributed by atoms with Crippen LogP contribution in [0.25, 0.3) is 0 Å². The third-order valence-electron chi connectivity index (χ3n) is 4.76. The predicted octanol–water partition coefficient (Wildman–Crippen LogP) is 4.14. The lowest BCUT2D eigenvalue weighted by molar-refractivity contribution is -0.384. The average Bonchev–Trinajstić information content (AvgIpc) is 2.80. The number of nitrogens with zero attached hydrogens (tertiary/aromatic N) is 2. The molecular weight excluding hydrogens is 446 g/mol. The summed E-state index contributed by atoms with van der Waals surface area (Å²) in [5.74, 6) is -0.0815. The number of sulfonamides is 1. The van der Waals surface area contributed by atoms with Crippen LogP contribution in [0.4, 0.5) is 17.1 Å². The molecule has 0 aromatic heterocycles. The Morgan fingerprint density at radius 1 is 1.06 bits per heavy atom. The van der Waals surface area contributed by atoms with Crippen LogP contribution in [0.15, 0.2) is 77.7 Å². The van der Waals surface area contributed by atoms with Crippen molar-refractivity contribution in [3.8, 4) is 5.75 Å². The number of nitro groups is 1. The van der Waals surface area contributed by atoms with Gasteiger partial charge in [-0.15, -0.1) is 0 Å². The van der Waals surface area contributed by atoms with Crippen LogP contribution in [-0.4, -0.2) is 32.4 Å². The lowest BCUT2D eigenvalue weighted by atomic mass is 10.2. The number of nitro benzene ring substituents is 1. The van der Waals surface area contributed by atoms with Crippen molar-refractivity contribution in [3.63, 3.8) is 0 Å². The van der Waals surface area contributed by atoms with E-state index in [2.05, 4.69) is 5.32 Å². The van der Waals surface area contributed by atoms with E-state index in [0.717, 1.165) is 4.31 Å². The van der Waals surface area contributed by atoms with E-state index in [9.17, 15) is 23.3 Å². The normalized spacial score (nSPS) is 11.0. The van der Waals surface area contributed by atoms with Gasteiger partial charge in [0.15, 0.2) is 0 Å². The number of nitrogens with one attached hydrogen (secondary N) is 1. The molecule has 9 nitrogen and oxygen atoms in total. The summed E-state index contributed by atoms with van der Waals surface area (Å²) < 4.78 is 33.1. The predicted molar refractivity (Wildman–Crippen MR) is 125 cm³/mol. The van der Waals surface area contributed by atoms with E-state index >= 15 is 0 Å². The molecule has 172 valence electrons. The van der Waals surface area contributed by atoms with Crippen molar-refractivity contribution in [1.82, 2.24) is 0 Å². The van der Waals surface area contributed by atoms with E-state index < -0.39 is 27.4 Å². The Kier molecular flexibility index (Phi) is 7.29. The fourth-order valence-electron chi connectivity index (χ4n) is 3.09. The number of rotatable bonds is 9. The molecule has 3 rings (SSSR count). The average molecular weight is 470 g/mol. The van der Waals surface area contributed by atoms with Gasteiger partial charge in [-0.2, -0.15) is 0 Å². The van der Waals surface area contributed by atoms with Crippen molar-refractivity contribution in [2.75, 3.05) is 22.8 Å². The van der Waals surface area contributed by atoms with Crippen LogP contribution in [0.1, 0.15) is 12.5 Å². The molecule has 33 heavy (non-hydrogen) atoms. The van der Waals surface area contributed by atoms with Crippen LogP contribution in [0.2, 0.25) is 0 Å². The Balaban J connectivity index is 1.94. The molecule has 0 saturated heterocycles. The van der Waals surface area contributed by atoms with Gasteiger partial charge in [-0.25, -0.2) is 8.42 Å². The van der Waals surface area contributed by atoms with E-state index in [1.165, 1.54) is 30.3 Å². The molecule has 3 aromatic rings. The first-order valence-corrected chi connectivity index (χ1v) is 11.5. The topological polar surface area (TPSA) is 119 Å². The zero-order valence-corrected chi connectivity index (χ0v) is 18.9. The smallest absolute Gasteiger partial charge is 0.271 e. The summed E-state index contributed by atoms with van der Waals surface area (Å²) in [4.78, 5) is 23.4. The van der Waals surface area contributed by atoms with Gasteiger partial charge in [-0.3, -0.25) is 19.2 Å². The summed E-state index contributed by atoms with van der Waals surface area (Å²) in [5, 5.41) is 13.7. The maximum atomic E-state index is 13.4. The molecule has 0 heterocycles. The Labute approximate surface area is 191 Å². The van der Waals surface area contributed by atoms with E-state index in [4.69, 9.17) is 4.74 Å². The minimum absolute atomic E-state index is 0.0261. The number of aryl methyl sites for hydroxylation is 1. The summed E-state index contributed by atoms with van der Waals surface area (Å²) in [5.41, 5.74) is 0.926. The number of ether oxygens (including phenoxy) is 1. The highest BCUT2D eigenvalue weighted by Crippen LogP contribution is 2.27. The SMILES string of the molecule is CCOc1ccc(N(CC(=O)Nc2cc([N+](=O)[O-])ccc2C)S(=O)(=O)c2ccccc2)cc1. The third-order valence-corrected chi connectivity index (χ3v) is 6.55. The highest BCUT2D eigenvalue weighted by molar-refractivity contribution is 7.92. The van der Waals surface area contributed by atoms with Gasteiger partial charge < -0.3 is 10.1 Å². The Morgan fingerprint density at radius 2 is 1.73 bits per heavy atom. The minimum Gasteiger partial charge on any atom is -0.494 e. The van der Waals surface area contributed by atoms with Crippen molar-refractivity contribution < 1.29 is 22.9 Å². The largest absolute Gasteiger partial charge is 0.494 e. The summed E-state index contributed by atoms with van der Waals surface area (Å²) in [6, 6.07) is 18.2. The number of benzene rings is 3. The molecule has 1 N–H and O–H groups in total. The highest BCUT2D eigenvalue weighted by Gasteiger charge is 2.27. The van der Waals surface area contributed by atoms with Gasteiger partial charge in [0.2, 0.25) is 5.91 Å². The van der Waals surface area contributed by atoms with Gasteiger partial charge >= 0.3 is 0 Å². The molecule has 0 atom stereocenters. The number of amides is 1. The fourth-order valence-corrected chi connectivity index (χ4v) is 4.53. The minimum atomic E-state index is -4.07. The van der Waals surface area contributed by atoms with Crippen LogP contribution in [-0.2, 0) is 14.8 Å². The van der Waals surface area contributed by atoms with Crippen LogP contribution < -0.4 is 14.4 Å². The van der Waals surface area contributed by atoms with Gasteiger partial charge in [0.05, 0.1) is 27.8 Å². The van der Waals surface area contributed by atoms with Crippen molar-refractivity contribution in [1.29, 1.82) is 0 Å². The molecular formula is C23H23N3O6S. The molecule has 0 fully saturated rings. The summed E-state index contributed by atoms with van der Waals surface area (Å²) in [6.07, 6.45) is 0. The van der Waals surface area contributed by atoms with E-state index in [1.54, 1.807) is 49.4 Å². The third kappa shape index (κ3) is 5.66. The molecule has 10 heteroatoms. The standard InChI is InChI=1S/C23H23N3O6S/c1-3-32-20-13-11-18(12-14-20)25(33(30,31)21-7-5-4-6-8-21)16-23(27)24-22-15-19(26(28)29)10-9-17(22)2/h4-15H,3,16H2,1-2H3,(H,24,27). The molecule has 3 aromatic carbocycles. The van der Waals surface area contributed by atoms with Crippen LogP contribution in [0.3, 0.4) is 0 Å². The second-order valence-corrected chi connectivity index (χ2v) is 8.92. The van der Waals surface area contributed by atoms with Crippen LogP contribution in [0, 0.1) is 17.0 Å². The molecule has 0 spiro atoms. The lowest BCUT2D eigenvalue weighted by Crippen LogP contribution is -2.38. The van der Waals surface area contributed by atoms with E-state index in [1.807, 2.05) is 6.92 Å². The first kappa shape index (κ1) is 23.7. The summed E-state index contributed by atoms with van der Waals surface area (Å²) in [7, 11) is -4.07. The lowest BCUT2D eigenvalue weighted by Gasteiger charge is -2.24. The molecule has 1 amide bonds. The Morgan fingerprint density at radius 3 is 2.33 bits per heavy atom. The second kappa shape index (κ2) is 10.1. The quantitative estimate of drug-likeness (QED) is 0.372. The van der Waals surface area contributed by atoms with Gasteiger partial charge in [0.1, 0.15) is 12.3 Å². The monoisotopic (exact) mass is 469 g/mol. The number of hydrogen-bond acceptors (Lipinski definition) is 6. The van der Waals surface area contributed by atoms with Gasteiger partial charge in [-0.1, -0.05) is 24.3 Å². The molecule has 0 saturated carbocycles. The van der Waals surface area contributed by atoms with Crippen LogP contribution in [0.5, 0.6) is 5.75 Å². The zero-order valence-electron chi connectivity index (χ0n) is 18.1. The first-order chi connectivity index (χ1) is 15.7. The molecule has 0 aliphatic heterocycles. The number of hydrogen-bond donors (Lipinski definition) is 1.